The highest BCUT2D eigenvalue weighted by molar-refractivity contribution is 7.90. The molecule has 0 spiro atoms. The van der Waals surface area contributed by atoms with E-state index in [0.29, 0.717) is 52.9 Å². The molecule has 35 heavy (non-hydrogen) atoms. The Morgan fingerprint density at radius 3 is 2.23 bits per heavy atom. The Bertz CT molecular complexity index is 1170. The molecule has 7 nitrogen and oxygen atoms in total. The third-order valence-corrected chi connectivity index (χ3v) is 9.57. The minimum atomic E-state index is -4.01. The van der Waals surface area contributed by atoms with E-state index in [1.807, 2.05) is 6.07 Å². The topological polar surface area (TPSA) is 84.5 Å². The molecule has 2 aliphatic heterocycles. The van der Waals surface area contributed by atoms with Gasteiger partial charge in [0.05, 0.1) is 34.1 Å². The fourth-order valence-corrected chi connectivity index (χ4v) is 7.17. The standard InChI is InChI=1S/C25H31Cl2N3O4S/c1-17-4-3-5-18(2)24(17)35(32,33)29-25(31)30(19-8-12-28-13-9-19)14-10-20(11-15-30)34-21-6-7-22(26)23(27)16-21/h3-7,16,19-20,28H,8-15H2,1-2H3/p+1. The van der Waals surface area contributed by atoms with Gasteiger partial charge in [-0.2, -0.15) is 4.72 Å². The van der Waals surface area contributed by atoms with Crippen molar-refractivity contribution in [2.75, 3.05) is 26.2 Å². The van der Waals surface area contributed by atoms with Gasteiger partial charge in [-0.25, -0.2) is 17.7 Å². The van der Waals surface area contributed by atoms with Gasteiger partial charge in [0.2, 0.25) is 0 Å². The van der Waals surface area contributed by atoms with Crippen LogP contribution in [0.25, 0.3) is 0 Å². The molecule has 2 heterocycles. The fraction of sp³-hybridized carbons (Fsp3) is 0.480. The summed E-state index contributed by atoms with van der Waals surface area (Å²) in [5.41, 5.74) is 1.24. The van der Waals surface area contributed by atoms with Gasteiger partial charge in [0.25, 0.3) is 10.0 Å². The number of likely N-dealkylation sites (tertiary alicyclic amines) is 1. The minimum absolute atomic E-state index is 0.0512. The Morgan fingerprint density at radius 2 is 1.63 bits per heavy atom. The number of rotatable bonds is 5. The molecular formula is C25H32Cl2N3O4S+. The lowest BCUT2D eigenvalue weighted by molar-refractivity contribution is -0.882. The van der Waals surface area contributed by atoms with Gasteiger partial charge in [0.1, 0.15) is 11.9 Å². The minimum Gasteiger partial charge on any atom is -0.490 e. The van der Waals surface area contributed by atoms with Crippen molar-refractivity contribution in [2.24, 2.45) is 0 Å². The number of aryl methyl sites for hydroxylation is 2. The molecule has 0 saturated carbocycles. The van der Waals surface area contributed by atoms with Crippen molar-refractivity contribution in [1.29, 1.82) is 0 Å². The third-order valence-electron chi connectivity index (χ3n) is 7.21. The highest BCUT2D eigenvalue weighted by Crippen LogP contribution is 2.33. The first-order valence-corrected chi connectivity index (χ1v) is 14.2. The van der Waals surface area contributed by atoms with Gasteiger partial charge in [0, 0.05) is 44.8 Å². The van der Waals surface area contributed by atoms with Crippen molar-refractivity contribution < 1.29 is 22.4 Å². The highest BCUT2D eigenvalue weighted by Gasteiger charge is 2.49. The zero-order valence-corrected chi connectivity index (χ0v) is 22.3. The van der Waals surface area contributed by atoms with Gasteiger partial charge >= 0.3 is 6.03 Å². The van der Waals surface area contributed by atoms with Gasteiger partial charge in [-0.15, -0.1) is 0 Å². The lowest BCUT2D eigenvalue weighted by Crippen LogP contribution is -2.68. The van der Waals surface area contributed by atoms with E-state index in [2.05, 4.69) is 10.0 Å². The summed E-state index contributed by atoms with van der Waals surface area (Å²) in [5, 5.41) is 4.23. The third kappa shape index (κ3) is 5.62. The monoisotopic (exact) mass is 540 g/mol. The largest absolute Gasteiger partial charge is 0.490 e. The number of benzene rings is 2. The maximum Gasteiger partial charge on any atom is 0.430 e. The van der Waals surface area contributed by atoms with E-state index in [9.17, 15) is 13.2 Å². The number of hydrogen-bond donors (Lipinski definition) is 2. The van der Waals surface area contributed by atoms with Crippen LogP contribution in [-0.4, -0.2) is 57.3 Å². The number of carbonyl (C=O) groups excluding carboxylic acids is 1. The first-order valence-electron chi connectivity index (χ1n) is 11.9. The van der Waals surface area contributed by atoms with Crippen LogP contribution in [-0.2, 0) is 10.0 Å². The van der Waals surface area contributed by atoms with E-state index in [-0.39, 0.29) is 21.5 Å². The van der Waals surface area contributed by atoms with Crippen LogP contribution in [0.2, 0.25) is 10.0 Å². The lowest BCUT2D eigenvalue weighted by atomic mass is 9.96. The van der Waals surface area contributed by atoms with Crippen LogP contribution in [0.5, 0.6) is 5.75 Å². The van der Waals surface area contributed by atoms with Crippen LogP contribution in [0, 0.1) is 13.8 Å². The first kappa shape index (κ1) is 26.2. The fourth-order valence-electron chi connectivity index (χ4n) is 5.38. The second-order valence-electron chi connectivity index (χ2n) is 9.49. The molecule has 2 aliphatic rings. The zero-order valence-electron chi connectivity index (χ0n) is 20.0. The Labute approximate surface area is 217 Å². The average Bonchev–Trinajstić information content (AvgIpc) is 2.82. The number of ether oxygens (including phenoxy) is 1. The molecule has 2 amide bonds. The summed E-state index contributed by atoms with van der Waals surface area (Å²) in [4.78, 5) is 13.9. The Balaban J connectivity index is 1.54. The molecular weight excluding hydrogens is 509 g/mol. The highest BCUT2D eigenvalue weighted by atomic mass is 35.5. The van der Waals surface area contributed by atoms with E-state index in [4.69, 9.17) is 27.9 Å². The molecule has 2 N–H and O–H groups in total. The summed E-state index contributed by atoms with van der Waals surface area (Å²) in [7, 11) is -4.01. The number of sulfonamides is 1. The molecule has 0 radical (unpaired) electrons. The summed E-state index contributed by atoms with van der Waals surface area (Å²) in [6.07, 6.45) is 2.79. The predicted octanol–water partition coefficient (Wildman–Crippen LogP) is 4.82. The van der Waals surface area contributed by atoms with Crippen molar-refractivity contribution in [3.8, 4) is 5.75 Å². The lowest BCUT2D eigenvalue weighted by Gasteiger charge is -2.47. The average molecular weight is 542 g/mol. The number of quaternary nitrogens is 1. The molecule has 2 saturated heterocycles. The number of nitrogens with zero attached hydrogens (tertiary/aromatic N) is 1. The van der Waals surface area contributed by atoms with Gasteiger partial charge in [0.15, 0.2) is 0 Å². The summed E-state index contributed by atoms with van der Waals surface area (Å²) in [5.74, 6) is 0.633. The molecule has 10 heteroatoms. The van der Waals surface area contributed by atoms with E-state index in [1.54, 1.807) is 44.2 Å². The Hall–Kier alpha value is -1.84. The van der Waals surface area contributed by atoms with E-state index in [0.717, 1.165) is 25.9 Å². The predicted molar refractivity (Wildman–Crippen MR) is 138 cm³/mol. The number of carbonyl (C=O) groups is 1. The number of urea groups is 1. The molecule has 0 bridgehead atoms. The molecule has 4 rings (SSSR count). The van der Waals surface area contributed by atoms with Crippen LogP contribution in [0.1, 0.15) is 36.8 Å². The quantitative estimate of drug-likeness (QED) is 0.531. The number of amides is 2. The number of piperidine rings is 2. The molecule has 0 aromatic heterocycles. The Kier molecular flexibility index (Phi) is 7.98. The first-order chi connectivity index (χ1) is 16.6. The number of nitrogens with one attached hydrogen (secondary N) is 2. The maximum absolute atomic E-state index is 13.8. The smallest absolute Gasteiger partial charge is 0.430 e. The van der Waals surface area contributed by atoms with E-state index in [1.165, 1.54) is 0 Å². The van der Waals surface area contributed by atoms with Crippen molar-refractivity contribution in [1.82, 2.24) is 10.0 Å². The van der Waals surface area contributed by atoms with Crippen LogP contribution in [0.3, 0.4) is 0 Å². The molecule has 0 aliphatic carbocycles. The van der Waals surface area contributed by atoms with Crippen molar-refractivity contribution in [3.05, 3.63) is 57.6 Å². The van der Waals surface area contributed by atoms with Crippen LogP contribution in [0.15, 0.2) is 41.3 Å². The van der Waals surface area contributed by atoms with Gasteiger partial charge in [-0.1, -0.05) is 41.4 Å². The number of halogens is 2. The molecule has 2 fully saturated rings. The summed E-state index contributed by atoms with van der Waals surface area (Å²) < 4.78 is 35.3. The van der Waals surface area contributed by atoms with Gasteiger partial charge in [-0.3, -0.25) is 0 Å². The Morgan fingerprint density at radius 1 is 1.00 bits per heavy atom. The van der Waals surface area contributed by atoms with Gasteiger partial charge in [-0.05, 0) is 37.1 Å². The molecule has 2 aromatic rings. The molecule has 0 unspecified atom stereocenters. The normalized spacial score (nSPS) is 23.6. The van der Waals surface area contributed by atoms with E-state index >= 15 is 0 Å². The molecule has 2 aromatic carbocycles. The van der Waals surface area contributed by atoms with Gasteiger partial charge < -0.3 is 10.1 Å². The summed E-state index contributed by atoms with van der Waals surface area (Å²) in [6, 6.07) is 10.1. The second-order valence-corrected chi connectivity index (χ2v) is 11.9. The zero-order chi connectivity index (χ0) is 25.2. The van der Waals surface area contributed by atoms with Crippen molar-refractivity contribution in [3.63, 3.8) is 0 Å². The number of hydrogen-bond acceptors (Lipinski definition) is 5. The molecule has 0 atom stereocenters. The van der Waals surface area contributed by atoms with E-state index < -0.39 is 16.1 Å². The summed E-state index contributed by atoms with van der Waals surface area (Å²) >= 11 is 12.1. The van der Waals surface area contributed by atoms with Crippen LogP contribution < -0.4 is 14.8 Å². The SMILES string of the molecule is Cc1cccc(C)c1S(=O)(=O)NC(=O)[N+]1(C2CCNCC2)CCC(Oc2ccc(Cl)c(Cl)c2)CC1. The molecule has 190 valence electrons. The maximum atomic E-state index is 13.8. The van der Waals surface area contributed by atoms with Crippen LogP contribution in [0.4, 0.5) is 4.79 Å². The second kappa shape index (κ2) is 10.6. The van der Waals surface area contributed by atoms with Crippen LogP contribution >= 0.6 is 23.2 Å². The summed E-state index contributed by atoms with van der Waals surface area (Å²) in [6.45, 7) is 6.12. The van der Waals surface area contributed by atoms with Crippen molar-refractivity contribution in [2.45, 2.75) is 56.6 Å². The van der Waals surface area contributed by atoms with Crippen molar-refractivity contribution >= 4 is 39.3 Å².